The van der Waals surface area contributed by atoms with Crippen LogP contribution in [0.1, 0.15) is 71.6 Å². The lowest BCUT2D eigenvalue weighted by molar-refractivity contribution is -0.126. The summed E-state index contributed by atoms with van der Waals surface area (Å²) in [5.74, 6) is 0.834. The highest BCUT2D eigenvalue weighted by molar-refractivity contribution is 5.82. The molecule has 0 bridgehead atoms. The molecule has 2 rings (SSSR count). The fourth-order valence-corrected chi connectivity index (χ4v) is 3.94. The summed E-state index contributed by atoms with van der Waals surface area (Å²) in [6.45, 7) is 6.31. The average Bonchev–Trinajstić information content (AvgIpc) is 2.92. The molecule has 0 aromatic heterocycles. The van der Waals surface area contributed by atoms with Crippen molar-refractivity contribution in [2.75, 3.05) is 13.1 Å². The van der Waals surface area contributed by atoms with Gasteiger partial charge in [-0.25, -0.2) is 0 Å². The zero-order chi connectivity index (χ0) is 15.3. The molecule has 3 nitrogen and oxygen atoms in total. The Hall–Kier alpha value is -0.880. The van der Waals surface area contributed by atoms with E-state index in [-0.39, 0.29) is 5.41 Å². The van der Waals surface area contributed by atoms with Crippen LogP contribution in [0.5, 0.6) is 0 Å². The molecule has 2 aliphatic rings. The third-order valence-corrected chi connectivity index (χ3v) is 5.28. The lowest BCUT2D eigenvalue weighted by atomic mass is 9.81. The highest BCUT2D eigenvalue weighted by Gasteiger charge is 2.36. The number of rotatable bonds is 6. The van der Waals surface area contributed by atoms with E-state index in [1.54, 1.807) is 0 Å². The van der Waals surface area contributed by atoms with E-state index < -0.39 is 0 Å². The van der Waals surface area contributed by atoms with Gasteiger partial charge in [0, 0.05) is 18.4 Å². The molecule has 1 aliphatic heterocycles. The van der Waals surface area contributed by atoms with Crippen molar-refractivity contribution >= 4 is 5.78 Å². The zero-order valence-electron chi connectivity index (χ0n) is 13.7. The number of nitriles is 1. The van der Waals surface area contributed by atoms with Gasteiger partial charge in [0.2, 0.25) is 0 Å². The average molecular weight is 290 g/mol. The molecule has 0 radical (unpaired) electrons. The Balaban J connectivity index is 1.77. The molecule has 0 spiro atoms. The van der Waals surface area contributed by atoms with Crippen LogP contribution in [0, 0.1) is 22.7 Å². The largest absolute Gasteiger partial charge is 0.300 e. The van der Waals surface area contributed by atoms with Crippen LogP contribution < -0.4 is 0 Å². The summed E-state index contributed by atoms with van der Waals surface area (Å²) in [5, 5.41) is 9.05. The van der Waals surface area contributed by atoms with Gasteiger partial charge in [0.25, 0.3) is 0 Å². The summed E-state index contributed by atoms with van der Waals surface area (Å²) in [6, 6.07) is 2.89. The summed E-state index contributed by atoms with van der Waals surface area (Å²) < 4.78 is 0. The van der Waals surface area contributed by atoms with E-state index >= 15 is 0 Å². The smallest absolute Gasteiger partial charge is 0.137 e. The molecule has 21 heavy (non-hydrogen) atoms. The van der Waals surface area contributed by atoms with Crippen LogP contribution in [0.2, 0.25) is 0 Å². The van der Waals surface area contributed by atoms with Gasteiger partial charge in [0.15, 0.2) is 0 Å². The Morgan fingerprint density at radius 2 is 2.05 bits per heavy atom. The number of nitrogens with zero attached hydrogens (tertiary/aromatic N) is 2. The first-order valence-corrected chi connectivity index (χ1v) is 8.71. The van der Waals surface area contributed by atoms with Crippen molar-refractivity contribution in [3.05, 3.63) is 0 Å². The second kappa shape index (κ2) is 7.40. The molecule has 3 heteroatoms. The molecule has 1 heterocycles. The molecule has 2 atom stereocenters. The van der Waals surface area contributed by atoms with Gasteiger partial charge in [-0.1, -0.05) is 12.8 Å². The molecule has 1 saturated carbocycles. The molecular weight excluding hydrogens is 260 g/mol. The van der Waals surface area contributed by atoms with Crippen molar-refractivity contribution in [3.8, 4) is 6.07 Å². The summed E-state index contributed by atoms with van der Waals surface area (Å²) in [7, 11) is 0. The molecule has 1 aliphatic carbocycles. The van der Waals surface area contributed by atoms with Crippen LogP contribution in [-0.2, 0) is 4.79 Å². The number of unbranched alkanes of at least 4 members (excludes halogenated alkanes) is 1. The Kier molecular flexibility index (Phi) is 5.81. The number of hydrogen-bond acceptors (Lipinski definition) is 3. The molecule has 0 aromatic carbocycles. The van der Waals surface area contributed by atoms with E-state index in [0.29, 0.717) is 17.7 Å². The summed E-state index contributed by atoms with van der Waals surface area (Å²) in [6.07, 6.45) is 9.96. The molecule has 0 N–H and O–H groups in total. The molecule has 2 fully saturated rings. The van der Waals surface area contributed by atoms with Crippen molar-refractivity contribution in [2.24, 2.45) is 11.3 Å². The molecular formula is C18H30N2O. The fraction of sp³-hybridized carbons (Fsp3) is 0.889. The van der Waals surface area contributed by atoms with Crippen LogP contribution >= 0.6 is 0 Å². The third kappa shape index (κ3) is 4.54. The molecule has 1 saturated heterocycles. The maximum atomic E-state index is 12.2. The van der Waals surface area contributed by atoms with Gasteiger partial charge in [-0.05, 0) is 65.5 Å². The number of carbonyl (C=O) groups is 1. The monoisotopic (exact) mass is 290 g/mol. The van der Waals surface area contributed by atoms with Gasteiger partial charge < -0.3 is 0 Å². The Labute approximate surface area is 129 Å². The number of carbonyl (C=O) groups excluding carboxylic acids is 1. The van der Waals surface area contributed by atoms with E-state index in [2.05, 4.69) is 11.0 Å². The lowest BCUT2D eigenvalue weighted by Gasteiger charge is -2.33. The van der Waals surface area contributed by atoms with Crippen LogP contribution in [0.3, 0.4) is 0 Å². The lowest BCUT2D eigenvalue weighted by Crippen LogP contribution is -2.41. The molecule has 2 unspecified atom stereocenters. The van der Waals surface area contributed by atoms with Gasteiger partial charge in [0.05, 0.1) is 11.5 Å². The number of ketones is 1. The maximum absolute atomic E-state index is 12.2. The Morgan fingerprint density at radius 1 is 1.24 bits per heavy atom. The molecule has 0 amide bonds. The Bertz CT molecular complexity index is 397. The predicted molar refractivity (Wildman–Crippen MR) is 84.8 cm³/mol. The van der Waals surface area contributed by atoms with Crippen LogP contribution in [0.4, 0.5) is 0 Å². The van der Waals surface area contributed by atoms with E-state index in [9.17, 15) is 4.79 Å². The molecule has 118 valence electrons. The quantitative estimate of drug-likeness (QED) is 0.696. The maximum Gasteiger partial charge on any atom is 0.137 e. The minimum absolute atomic E-state index is 0.191. The highest BCUT2D eigenvalue weighted by atomic mass is 16.1. The van der Waals surface area contributed by atoms with Crippen molar-refractivity contribution in [1.82, 2.24) is 4.90 Å². The number of Topliss-reactive ketones (excluding diaryl/α,β-unsaturated/α-hetero) is 1. The van der Waals surface area contributed by atoms with Gasteiger partial charge in [-0.3, -0.25) is 9.69 Å². The first-order valence-electron chi connectivity index (χ1n) is 8.71. The minimum Gasteiger partial charge on any atom is -0.300 e. The predicted octanol–water partition coefficient (Wildman–Crippen LogP) is 3.93. The van der Waals surface area contributed by atoms with E-state index in [4.69, 9.17) is 5.26 Å². The van der Waals surface area contributed by atoms with Crippen molar-refractivity contribution in [3.63, 3.8) is 0 Å². The standard InChI is InChI=1S/C18H30N2O/c1-18(2,14-19)11-5-6-12-20-13-7-9-16(20)15-8-3-4-10-17(15)21/h15-16H,3-13H2,1-2H3. The third-order valence-electron chi connectivity index (χ3n) is 5.28. The van der Waals surface area contributed by atoms with E-state index in [0.717, 1.165) is 51.6 Å². The second-order valence-corrected chi connectivity index (χ2v) is 7.52. The van der Waals surface area contributed by atoms with Crippen molar-refractivity contribution in [1.29, 1.82) is 5.26 Å². The van der Waals surface area contributed by atoms with Crippen LogP contribution in [-0.4, -0.2) is 29.8 Å². The summed E-state index contributed by atoms with van der Waals surface area (Å²) in [5.41, 5.74) is -0.191. The van der Waals surface area contributed by atoms with Gasteiger partial charge >= 0.3 is 0 Å². The van der Waals surface area contributed by atoms with Gasteiger partial charge in [0.1, 0.15) is 5.78 Å². The van der Waals surface area contributed by atoms with Crippen molar-refractivity contribution < 1.29 is 4.79 Å². The first kappa shape index (κ1) is 16.5. The minimum atomic E-state index is -0.191. The van der Waals surface area contributed by atoms with E-state index in [1.807, 2.05) is 13.8 Å². The fourth-order valence-electron chi connectivity index (χ4n) is 3.94. The van der Waals surface area contributed by atoms with Crippen molar-refractivity contribution in [2.45, 2.75) is 77.7 Å². The van der Waals surface area contributed by atoms with Crippen LogP contribution in [0.25, 0.3) is 0 Å². The second-order valence-electron chi connectivity index (χ2n) is 7.52. The van der Waals surface area contributed by atoms with E-state index in [1.165, 1.54) is 19.3 Å². The SMILES string of the molecule is CC(C)(C#N)CCCCN1CCCC1C1CCCCC1=O. The number of likely N-dealkylation sites (tertiary alicyclic amines) is 1. The Morgan fingerprint density at radius 3 is 2.76 bits per heavy atom. The van der Waals surface area contributed by atoms with Gasteiger partial charge in [-0.2, -0.15) is 5.26 Å². The molecule has 0 aromatic rings. The highest BCUT2D eigenvalue weighted by Crippen LogP contribution is 2.32. The normalized spacial score (nSPS) is 27.8. The number of hydrogen-bond donors (Lipinski definition) is 0. The topological polar surface area (TPSA) is 44.1 Å². The first-order chi connectivity index (χ1) is 10.0. The van der Waals surface area contributed by atoms with Crippen LogP contribution in [0.15, 0.2) is 0 Å². The summed E-state index contributed by atoms with van der Waals surface area (Å²) >= 11 is 0. The summed E-state index contributed by atoms with van der Waals surface area (Å²) in [4.78, 5) is 14.7. The zero-order valence-corrected chi connectivity index (χ0v) is 13.7. The van der Waals surface area contributed by atoms with Gasteiger partial charge in [-0.15, -0.1) is 0 Å².